The van der Waals surface area contributed by atoms with Crippen LogP contribution in [-0.2, 0) is 11.2 Å². The molecule has 0 amide bonds. The van der Waals surface area contributed by atoms with Crippen LogP contribution < -0.4 is 9.47 Å². The molecule has 0 aliphatic heterocycles. The largest absolute Gasteiger partial charge is 0.496 e. The van der Waals surface area contributed by atoms with Crippen molar-refractivity contribution in [2.45, 2.75) is 57.3 Å². The van der Waals surface area contributed by atoms with E-state index in [9.17, 15) is 19.4 Å². The highest BCUT2D eigenvalue weighted by Gasteiger charge is 2.30. The van der Waals surface area contributed by atoms with E-state index in [1.165, 1.54) is 17.4 Å². The number of fused-ring (bicyclic) bond motifs is 1. The summed E-state index contributed by atoms with van der Waals surface area (Å²) in [6, 6.07) is 5.79. The maximum Gasteiger partial charge on any atom is 0.338 e. The molecule has 0 saturated heterocycles. The number of hydrogen-bond donors (Lipinski definition) is 2. The molecular formula is C25H28FNO6S. The molecule has 1 aromatic heterocycles. The number of carboxylic acid groups (broad SMARTS) is 1. The SMILES string of the molecule is COc1cc([C@@H](O)[C@H](Cc2nc3c(C(=O)O)cc(F)cc3s2)OC2CCCC2)cc(OC)c1C. The highest BCUT2D eigenvalue weighted by molar-refractivity contribution is 7.18. The number of carboxylic acids is 1. The molecule has 1 saturated carbocycles. The summed E-state index contributed by atoms with van der Waals surface area (Å²) in [4.78, 5) is 16.1. The van der Waals surface area contributed by atoms with E-state index in [2.05, 4.69) is 4.98 Å². The average Bonchev–Trinajstić information content (AvgIpc) is 3.47. The molecule has 1 fully saturated rings. The lowest BCUT2D eigenvalue weighted by Gasteiger charge is -2.27. The minimum atomic E-state index is -1.24. The Hall–Kier alpha value is -2.75. The van der Waals surface area contributed by atoms with Gasteiger partial charge in [0.25, 0.3) is 0 Å². The summed E-state index contributed by atoms with van der Waals surface area (Å²) >= 11 is 1.20. The van der Waals surface area contributed by atoms with Crippen LogP contribution in [0.1, 0.15) is 58.3 Å². The van der Waals surface area contributed by atoms with E-state index >= 15 is 0 Å². The van der Waals surface area contributed by atoms with E-state index in [4.69, 9.17) is 14.2 Å². The normalized spacial score (nSPS) is 16.0. The molecule has 3 aromatic rings. The van der Waals surface area contributed by atoms with Crippen LogP contribution >= 0.6 is 11.3 Å². The number of aromatic nitrogens is 1. The zero-order valence-electron chi connectivity index (χ0n) is 19.3. The monoisotopic (exact) mass is 489 g/mol. The molecule has 0 bridgehead atoms. The Labute approximate surface area is 201 Å². The predicted octanol–water partition coefficient (Wildman–Crippen LogP) is 5.06. The Balaban J connectivity index is 1.69. The van der Waals surface area contributed by atoms with Crippen LogP contribution in [0.2, 0.25) is 0 Å². The number of nitrogens with zero attached hydrogens (tertiary/aromatic N) is 1. The molecule has 7 nitrogen and oxygen atoms in total. The number of aliphatic hydroxyl groups excluding tert-OH is 1. The third-order valence-corrected chi connectivity index (χ3v) is 7.27. The first-order valence-electron chi connectivity index (χ1n) is 11.2. The van der Waals surface area contributed by atoms with Gasteiger partial charge in [0.1, 0.15) is 23.4 Å². The summed E-state index contributed by atoms with van der Waals surface area (Å²) < 4.78 is 31.7. The number of rotatable bonds is 9. The van der Waals surface area contributed by atoms with Gasteiger partial charge in [-0.15, -0.1) is 11.3 Å². The Morgan fingerprint density at radius 1 is 1.18 bits per heavy atom. The Kier molecular flexibility index (Phi) is 7.35. The number of ether oxygens (including phenoxy) is 3. The highest BCUT2D eigenvalue weighted by Crippen LogP contribution is 2.36. The van der Waals surface area contributed by atoms with Gasteiger partial charge in [0.15, 0.2) is 0 Å². The molecule has 0 spiro atoms. The van der Waals surface area contributed by atoms with E-state index < -0.39 is 24.0 Å². The van der Waals surface area contributed by atoms with E-state index in [-0.39, 0.29) is 23.6 Å². The molecule has 1 heterocycles. The van der Waals surface area contributed by atoms with E-state index in [0.717, 1.165) is 37.3 Å². The fraction of sp³-hybridized carbons (Fsp3) is 0.440. The van der Waals surface area contributed by atoms with Crippen LogP contribution in [0.5, 0.6) is 11.5 Å². The molecule has 1 aliphatic rings. The van der Waals surface area contributed by atoms with Gasteiger partial charge in [-0.1, -0.05) is 12.8 Å². The number of methoxy groups -OCH3 is 2. The molecule has 2 aromatic carbocycles. The average molecular weight is 490 g/mol. The van der Waals surface area contributed by atoms with Crippen molar-refractivity contribution in [3.63, 3.8) is 0 Å². The van der Waals surface area contributed by atoms with Crippen LogP contribution in [0.25, 0.3) is 10.2 Å². The summed E-state index contributed by atoms with van der Waals surface area (Å²) in [5, 5.41) is 21.4. The Bertz CT molecular complexity index is 1160. The van der Waals surface area contributed by atoms with Gasteiger partial charge in [0, 0.05) is 12.0 Å². The van der Waals surface area contributed by atoms with Gasteiger partial charge in [-0.2, -0.15) is 0 Å². The second-order valence-corrected chi connectivity index (χ2v) is 9.61. The molecule has 9 heteroatoms. The molecule has 0 radical (unpaired) electrons. The quantitative estimate of drug-likeness (QED) is 0.433. The summed E-state index contributed by atoms with van der Waals surface area (Å²) in [5.74, 6) is -0.680. The fourth-order valence-corrected chi connectivity index (χ4v) is 5.52. The molecule has 1 aliphatic carbocycles. The number of thiazole rings is 1. The van der Waals surface area contributed by atoms with E-state index in [1.807, 2.05) is 6.92 Å². The lowest BCUT2D eigenvalue weighted by atomic mass is 9.99. The van der Waals surface area contributed by atoms with Crippen molar-refractivity contribution in [3.05, 3.63) is 51.8 Å². The van der Waals surface area contributed by atoms with Crippen molar-refractivity contribution in [2.75, 3.05) is 14.2 Å². The number of carbonyl (C=O) groups is 1. The predicted molar refractivity (Wildman–Crippen MR) is 127 cm³/mol. The second kappa shape index (κ2) is 10.2. The van der Waals surface area contributed by atoms with Crippen LogP contribution in [0.4, 0.5) is 4.39 Å². The smallest absolute Gasteiger partial charge is 0.338 e. The molecule has 2 N–H and O–H groups in total. The minimum Gasteiger partial charge on any atom is -0.496 e. The third kappa shape index (κ3) is 5.01. The van der Waals surface area contributed by atoms with Gasteiger partial charge in [0.2, 0.25) is 0 Å². The zero-order valence-corrected chi connectivity index (χ0v) is 20.2. The first-order chi connectivity index (χ1) is 16.3. The third-order valence-electron chi connectivity index (χ3n) is 6.25. The lowest BCUT2D eigenvalue weighted by Crippen LogP contribution is -2.29. The van der Waals surface area contributed by atoms with E-state index in [1.54, 1.807) is 26.4 Å². The minimum absolute atomic E-state index is 0.0234. The number of halogens is 1. The molecular weight excluding hydrogens is 461 g/mol. The Morgan fingerprint density at radius 2 is 1.82 bits per heavy atom. The first-order valence-corrected chi connectivity index (χ1v) is 12.0. The maximum absolute atomic E-state index is 14.0. The van der Waals surface area contributed by atoms with Crippen LogP contribution in [0.15, 0.2) is 24.3 Å². The summed E-state index contributed by atoms with van der Waals surface area (Å²) in [7, 11) is 3.12. The molecule has 2 atom stereocenters. The zero-order chi connectivity index (χ0) is 24.4. The standard InChI is InChI=1S/C25H28FNO6S/c1-13-18(31-2)8-14(9-19(13)32-3)24(28)20(33-16-6-4-5-7-16)12-22-27-23-17(25(29)30)10-15(26)11-21(23)34-22/h8-11,16,20,24,28H,4-7,12H2,1-3H3,(H,29,30)/t20-,24+/m0/s1. The highest BCUT2D eigenvalue weighted by atomic mass is 32.1. The van der Waals surface area contributed by atoms with Crippen LogP contribution in [0, 0.1) is 12.7 Å². The van der Waals surface area contributed by atoms with Gasteiger partial charge < -0.3 is 24.4 Å². The number of hydrogen-bond acceptors (Lipinski definition) is 7. The maximum atomic E-state index is 14.0. The molecule has 4 rings (SSSR count). The van der Waals surface area contributed by atoms with Crippen molar-refractivity contribution < 1.29 is 33.6 Å². The van der Waals surface area contributed by atoms with Crippen molar-refractivity contribution in [2.24, 2.45) is 0 Å². The van der Waals surface area contributed by atoms with Gasteiger partial charge in [-0.05, 0) is 49.6 Å². The van der Waals surface area contributed by atoms with Gasteiger partial charge in [-0.3, -0.25) is 0 Å². The van der Waals surface area contributed by atoms with Gasteiger partial charge in [0.05, 0.1) is 47.2 Å². The van der Waals surface area contributed by atoms with Crippen molar-refractivity contribution in [3.8, 4) is 11.5 Å². The van der Waals surface area contributed by atoms with E-state index in [0.29, 0.717) is 26.8 Å². The number of aromatic carboxylic acids is 1. The number of aliphatic hydroxyl groups is 1. The molecule has 34 heavy (non-hydrogen) atoms. The fourth-order valence-electron chi connectivity index (χ4n) is 4.46. The second-order valence-electron chi connectivity index (χ2n) is 8.49. The van der Waals surface area contributed by atoms with Gasteiger partial charge >= 0.3 is 5.97 Å². The van der Waals surface area contributed by atoms with Crippen LogP contribution in [0.3, 0.4) is 0 Å². The van der Waals surface area contributed by atoms with Crippen LogP contribution in [-0.4, -0.2) is 47.6 Å². The van der Waals surface area contributed by atoms with Gasteiger partial charge in [-0.25, -0.2) is 14.2 Å². The topological polar surface area (TPSA) is 98.1 Å². The molecule has 182 valence electrons. The van der Waals surface area contributed by atoms with Crippen molar-refractivity contribution in [1.29, 1.82) is 0 Å². The summed E-state index contributed by atoms with van der Waals surface area (Å²) in [6.45, 7) is 1.88. The summed E-state index contributed by atoms with van der Waals surface area (Å²) in [6.07, 6.45) is 2.59. The molecule has 0 unspecified atom stereocenters. The lowest BCUT2D eigenvalue weighted by molar-refractivity contribution is -0.0753. The Morgan fingerprint density at radius 3 is 2.41 bits per heavy atom. The van der Waals surface area contributed by atoms with Crippen molar-refractivity contribution in [1.82, 2.24) is 4.98 Å². The van der Waals surface area contributed by atoms with Crippen molar-refractivity contribution >= 4 is 27.5 Å². The number of benzene rings is 2. The first kappa shape index (κ1) is 24.4. The summed E-state index contributed by atoms with van der Waals surface area (Å²) in [5.41, 5.74) is 1.46.